The summed E-state index contributed by atoms with van der Waals surface area (Å²) in [5.74, 6) is 4.50. The molecule has 1 aromatic rings. The summed E-state index contributed by atoms with van der Waals surface area (Å²) < 4.78 is 0. The van der Waals surface area contributed by atoms with Crippen molar-refractivity contribution in [2.45, 2.75) is 10.8 Å². The fraction of sp³-hybridized carbons (Fsp3) is 0.200. The van der Waals surface area contributed by atoms with Crippen LogP contribution in [0.4, 0.5) is 0 Å². The molecule has 6 heteroatoms. The van der Waals surface area contributed by atoms with Gasteiger partial charge in [0, 0.05) is 11.1 Å². The summed E-state index contributed by atoms with van der Waals surface area (Å²) in [5, 5.41) is 4.38. The lowest BCUT2D eigenvalue weighted by molar-refractivity contribution is -0.107. The molecule has 0 spiro atoms. The van der Waals surface area contributed by atoms with Crippen molar-refractivity contribution in [3.05, 3.63) is 27.7 Å². The molecule has 1 aromatic carbocycles. The van der Waals surface area contributed by atoms with Crippen LogP contribution in [0.15, 0.2) is 22.1 Å². The highest BCUT2D eigenvalue weighted by Crippen LogP contribution is 2.35. The number of nitrogens with zero attached hydrogens (tertiary/aromatic N) is 1. The van der Waals surface area contributed by atoms with Gasteiger partial charge < -0.3 is 10.6 Å². The Morgan fingerprint density at radius 1 is 1.44 bits per heavy atom. The second kappa shape index (κ2) is 6.13. The first-order chi connectivity index (χ1) is 7.63. The Bertz CT molecular complexity index is 400. The molecule has 0 aromatic heterocycles. The summed E-state index contributed by atoms with van der Waals surface area (Å²) >= 11 is 13.5. The lowest BCUT2D eigenvalue weighted by atomic mass is 10.0. The number of benzene rings is 1. The minimum Gasteiger partial charge on any atom is -0.324 e. The van der Waals surface area contributed by atoms with Gasteiger partial charge in [0.2, 0.25) is 0 Å². The molecule has 0 amide bonds. The number of carbonyl (C=O) groups excluding carboxylic acids is 1. The highest BCUT2D eigenvalue weighted by molar-refractivity contribution is 7.98. The van der Waals surface area contributed by atoms with Crippen molar-refractivity contribution in [2.24, 2.45) is 10.9 Å². The molecule has 2 N–H and O–H groups in total. The van der Waals surface area contributed by atoms with Crippen LogP contribution in [0.3, 0.4) is 0 Å². The van der Waals surface area contributed by atoms with Gasteiger partial charge in [-0.05, 0) is 24.0 Å². The first kappa shape index (κ1) is 13.4. The molecule has 0 saturated carbocycles. The maximum Gasteiger partial charge on any atom is 0.132 e. The third-order valence-corrected chi connectivity index (χ3v) is 3.67. The summed E-state index contributed by atoms with van der Waals surface area (Å²) in [6.45, 7) is 0. The van der Waals surface area contributed by atoms with E-state index in [1.807, 2.05) is 6.26 Å². The average molecular weight is 277 g/mol. The van der Waals surface area contributed by atoms with Crippen LogP contribution >= 0.6 is 35.0 Å². The van der Waals surface area contributed by atoms with E-state index >= 15 is 0 Å². The van der Waals surface area contributed by atoms with Crippen LogP contribution < -0.4 is 5.84 Å². The zero-order valence-corrected chi connectivity index (χ0v) is 10.8. The molecule has 1 unspecified atom stereocenters. The maximum atomic E-state index is 10.8. The molecular formula is C10H10Cl2N2OS. The predicted octanol–water partition coefficient (Wildman–Crippen LogP) is 2.94. The Balaban J connectivity index is 3.21. The van der Waals surface area contributed by atoms with E-state index < -0.39 is 5.92 Å². The molecule has 3 nitrogen and oxygen atoms in total. The summed E-state index contributed by atoms with van der Waals surface area (Å²) in [6, 6.07) is 3.39. The van der Waals surface area contributed by atoms with Crippen molar-refractivity contribution in [2.75, 3.05) is 6.26 Å². The summed E-state index contributed by atoms with van der Waals surface area (Å²) in [7, 11) is 0. The van der Waals surface area contributed by atoms with E-state index in [4.69, 9.17) is 29.0 Å². The van der Waals surface area contributed by atoms with Gasteiger partial charge in [0.05, 0.1) is 16.0 Å². The quantitative estimate of drug-likeness (QED) is 0.303. The Hall–Kier alpha value is -0.710. The molecule has 0 aliphatic heterocycles. The van der Waals surface area contributed by atoms with E-state index in [1.54, 1.807) is 12.1 Å². The molecule has 0 heterocycles. The molecule has 1 atom stereocenters. The molecule has 0 aliphatic rings. The number of hydrogen-bond donors (Lipinski definition) is 1. The molecular weight excluding hydrogens is 267 g/mol. The summed E-state index contributed by atoms with van der Waals surface area (Å²) in [5.41, 5.74) is 0.678. The van der Waals surface area contributed by atoms with Crippen molar-refractivity contribution >= 4 is 47.5 Å². The molecule has 0 saturated heterocycles. The highest BCUT2D eigenvalue weighted by atomic mass is 35.5. The van der Waals surface area contributed by atoms with Gasteiger partial charge in [-0.25, -0.2) is 0 Å². The third-order valence-electron chi connectivity index (χ3n) is 2.00. The molecule has 16 heavy (non-hydrogen) atoms. The van der Waals surface area contributed by atoms with Crippen LogP contribution in [0.25, 0.3) is 0 Å². The van der Waals surface area contributed by atoms with Gasteiger partial charge in [0.1, 0.15) is 6.29 Å². The number of thioether (sulfide) groups is 1. The van der Waals surface area contributed by atoms with Gasteiger partial charge in [-0.2, -0.15) is 5.10 Å². The monoisotopic (exact) mass is 276 g/mol. The van der Waals surface area contributed by atoms with E-state index in [0.717, 1.165) is 11.2 Å². The Kier molecular flexibility index (Phi) is 5.12. The average Bonchev–Trinajstić information content (AvgIpc) is 2.25. The molecule has 0 aliphatic carbocycles. The van der Waals surface area contributed by atoms with E-state index in [0.29, 0.717) is 15.6 Å². The van der Waals surface area contributed by atoms with Gasteiger partial charge in [-0.1, -0.05) is 23.2 Å². The van der Waals surface area contributed by atoms with Crippen molar-refractivity contribution in [3.8, 4) is 0 Å². The van der Waals surface area contributed by atoms with Crippen LogP contribution in [0, 0.1) is 0 Å². The normalized spacial score (nSPS) is 12.9. The predicted molar refractivity (Wildman–Crippen MR) is 69.7 cm³/mol. The number of hydrazone groups is 1. The van der Waals surface area contributed by atoms with Gasteiger partial charge in [-0.3, -0.25) is 0 Å². The fourth-order valence-electron chi connectivity index (χ4n) is 1.26. The minimum atomic E-state index is -0.518. The van der Waals surface area contributed by atoms with E-state index in [1.165, 1.54) is 18.0 Å². The number of hydrogen-bond acceptors (Lipinski definition) is 4. The topological polar surface area (TPSA) is 55.5 Å². The number of nitrogens with two attached hydrogens (primary N) is 1. The smallest absolute Gasteiger partial charge is 0.132 e. The number of rotatable bonds is 4. The molecule has 86 valence electrons. The zero-order chi connectivity index (χ0) is 12.1. The van der Waals surface area contributed by atoms with Crippen LogP contribution in [-0.2, 0) is 4.79 Å². The lowest BCUT2D eigenvalue weighted by Crippen LogP contribution is -2.03. The number of halogens is 2. The van der Waals surface area contributed by atoms with E-state index in [-0.39, 0.29) is 0 Å². The zero-order valence-electron chi connectivity index (χ0n) is 8.48. The third kappa shape index (κ3) is 2.90. The van der Waals surface area contributed by atoms with Gasteiger partial charge in [0.15, 0.2) is 0 Å². The first-order valence-electron chi connectivity index (χ1n) is 4.35. The van der Waals surface area contributed by atoms with Crippen LogP contribution in [0.1, 0.15) is 11.5 Å². The molecule has 0 bridgehead atoms. The number of carbonyl (C=O) groups is 1. The highest BCUT2D eigenvalue weighted by Gasteiger charge is 2.13. The lowest BCUT2D eigenvalue weighted by Gasteiger charge is -2.09. The molecule has 0 radical (unpaired) electrons. The van der Waals surface area contributed by atoms with Crippen LogP contribution in [-0.4, -0.2) is 18.8 Å². The van der Waals surface area contributed by atoms with Crippen LogP contribution in [0.2, 0.25) is 10.0 Å². The standard InChI is InChI=1S/C10H10Cl2N2OS/c1-16-10-8(11)2-6(3-9(10)12)7(5-15)4-14-13/h2-5,7H,13H2,1H3. The van der Waals surface area contributed by atoms with Crippen molar-refractivity contribution in [1.29, 1.82) is 0 Å². The maximum absolute atomic E-state index is 10.8. The molecule has 0 fully saturated rings. The van der Waals surface area contributed by atoms with E-state index in [9.17, 15) is 4.79 Å². The fourth-order valence-corrected chi connectivity index (χ4v) is 2.73. The Morgan fingerprint density at radius 3 is 2.38 bits per heavy atom. The van der Waals surface area contributed by atoms with Gasteiger partial charge in [0.25, 0.3) is 0 Å². The largest absolute Gasteiger partial charge is 0.324 e. The summed E-state index contributed by atoms with van der Waals surface area (Å²) in [6.07, 6.45) is 3.95. The first-order valence-corrected chi connectivity index (χ1v) is 6.33. The van der Waals surface area contributed by atoms with Gasteiger partial charge in [-0.15, -0.1) is 11.8 Å². The minimum absolute atomic E-state index is 0.518. The second-order valence-corrected chi connectivity index (χ2v) is 4.61. The van der Waals surface area contributed by atoms with Crippen molar-refractivity contribution in [3.63, 3.8) is 0 Å². The van der Waals surface area contributed by atoms with Crippen molar-refractivity contribution in [1.82, 2.24) is 0 Å². The van der Waals surface area contributed by atoms with Crippen LogP contribution in [0.5, 0.6) is 0 Å². The van der Waals surface area contributed by atoms with E-state index in [2.05, 4.69) is 5.10 Å². The Morgan fingerprint density at radius 2 is 2.00 bits per heavy atom. The second-order valence-electron chi connectivity index (χ2n) is 2.98. The molecule has 1 rings (SSSR count). The summed E-state index contributed by atoms with van der Waals surface area (Å²) in [4.78, 5) is 11.6. The Labute approximate surface area is 108 Å². The van der Waals surface area contributed by atoms with Gasteiger partial charge >= 0.3 is 0 Å². The van der Waals surface area contributed by atoms with Crippen molar-refractivity contribution < 1.29 is 4.79 Å². The SMILES string of the molecule is CSc1c(Cl)cc(C(C=O)C=NN)cc1Cl. The number of aldehydes is 1.